The Kier molecular flexibility index (Phi) is 4.43. The Morgan fingerprint density at radius 1 is 1.42 bits per heavy atom. The summed E-state index contributed by atoms with van der Waals surface area (Å²) < 4.78 is 0. The molecule has 1 aliphatic rings. The van der Waals surface area contributed by atoms with Crippen LogP contribution in [0.3, 0.4) is 0 Å². The summed E-state index contributed by atoms with van der Waals surface area (Å²) in [6.07, 6.45) is 2.84. The average Bonchev–Trinajstić information content (AvgIpc) is 2.70. The molecular formula is C15H22N2O2. The zero-order chi connectivity index (χ0) is 13.8. The molecule has 0 saturated carbocycles. The minimum Gasteiger partial charge on any atom is -0.508 e. The molecule has 1 fully saturated rings. The molecule has 2 rings (SSSR count). The van der Waals surface area contributed by atoms with E-state index in [0.717, 1.165) is 25.8 Å². The van der Waals surface area contributed by atoms with Gasteiger partial charge in [0.05, 0.1) is 6.04 Å². The van der Waals surface area contributed by atoms with Gasteiger partial charge in [0.2, 0.25) is 5.91 Å². The predicted octanol–water partition coefficient (Wildman–Crippen LogP) is 1.53. The molecule has 1 saturated heterocycles. The monoisotopic (exact) mass is 262 g/mol. The number of hydrogen-bond donors (Lipinski definition) is 2. The Morgan fingerprint density at radius 3 is 2.68 bits per heavy atom. The molecule has 0 bridgehead atoms. The Bertz CT molecular complexity index is 430. The zero-order valence-electron chi connectivity index (χ0n) is 11.6. The van der Waals surface area contributed by atoms with E-state index in [1.807, 2.05) is 19.2 Å². The number of nitrogens with one attached hydrogen (secondary N) is 1. The number of benzene rings is 1. The minimum absolute atomic E-state index is 0.0141. The van der Waals surface area contributed by atoms with Crippen molar-refractivity contribution in [3.8, 4) is 5.75 Å². The van der Waals surface area contributed by atoms with Gasteiger partial charge in [0.1, 0.15) is 5.75 Å². The molecule has 0 unspecified atom stereocenters. The summed E-state index contributed by atoms with van der Waals surface area (Å²) >= 11 is 0. The van der Waals surface area contributed by atoms with E-state index in [2.05, 4.69) is 12.2 Å². The topological polar surface area (TPSA) is 52.6 Å². The Labute approximate surface area is 114 Å². The van der Waals surface area contributed by atoms with Crippen LogP contribution >= 0.6 is 0 Å². The fourth-order valence-corrected chi connectivity index (χ4v) is 2.45. The summed E-state index contributed by atoms with van der Waals surface area (Å²) in [6, 6.07) is 7.60. The second-order valence-corrected chi connectivity index (χ2v) is 5.37. The van der Waals surface area contributed by atoms with Crippen LogP contribution in [0.2, 0.25) is 0 Å². The van der Waals surface area contributed by atoms with Crippen molar-refractivity contribution in [2.24, 2.45) is 0 Å². The molecule has 19 heavy (non-hydrogen) atoms. The van der Waals surface area contributed by atoms with E-state index in [9.17, 15) is 9.90 Å². The normalized spacial score (nSPS) is 20.8. The van der Waals surface area contributed by atoms with Crippen LogP contribution < -0.4 is 5.32 Å². The lowest BCUT2D eigenvalue weighted by atomic mass is 10.1. The summed E-state index contributed by atoms with van der Waals surface area (Å²) in [5.74, 6) is 0.506. The minimum atomic E-state index is -0.0141. The first-order chi connectivity index (χ1) is 9.06. The van der Waals surface area contributed by atoms with Gasteiger partial charge in [-0.3, -0.25) is 4.79 Å². The van der Waals surface area contributed by atoms with Crippen molar-refractivity contribution in [3.05, 3.63) is 29.8 Å². The maximum atomic E-state index is 11.8. The first-order valence-electron chi connectivity index (χ1n) is 6.85. The van der Waals surface area contributed by atoms with Gasteiger partial charge in [-0.1, -0.05) is 12.1 Å². The lowest BCUT2D eigenvalue weighted by Crippen LogP contribution is -2.41. The molecule has 0 radical (unpaired) electrons. The fraction of sp³-hybridized carbons (Fsp3) is 0.533. The lowest BCUT2D eigenvalue weighted by molar-refractivity contribution is -0.128. The summed E-state index contributed by atoms with van der Waals surface area (Å²) in [5.41, 5.74) is 1.21. The molecule has 0 aromatic heterocycles. The van der Waals surface area contributed by atoms with Crippen molar-refractivity contribution in [2.75, 3.05) is 13.6 Å². The smallest absolute Gasteiger partial charge is 0.239 e. The highest BCUT2D eigenvalue weighted by Gasteiger charge is 2.29. The molecule has 1 heterocycles. The molecule has 0 spiro atoms. The van der Waals surface area contributed by atoms with Crippen LogP contribution in [0.15, 0.2) is 24.3 Å². The van der Waals surface area contributed by atoms with E-state index < -0.39 is 0 Å². The number of nitrogens with zero attached hydrogens (tertiary/aromatic N) is 1. The van der Waals surface area contributed by atoms with E-state index in [1.165, 1.54) is 5.56 Å². The Hall–Kier alpha value is -1.55. The lowest BCUT2D eigenvalue weighted by Gasteiger charge is -2.18. The van der Waals surface area contributed by atoms with E-state index in [1.54, 1.807) is 17.0 Å². The number of hydrogen-bond acceptors (Lipinski definition) is 3. The van der Waals surface area contributed by atoms with Gasteiger partial charge in [0.15, 0.2) is 0 Å². The van der Waals surface area contributed by atoms with Crippen LogP contribution in [0.5, 0.6) is 5.75 Å². The summed E-state index contributed by atoms with van der Waals surface area (Å²) in [5, 5.41) is 12.6. The number of carbonyl (C=O) groups excluding carboxylic acids is 1. The molecule has 1 aromatic rings. The first-order valence-corrected chi connectivity index (χ1v) is 6.85. The quantitative estimate of drug-likeness (QED) is 0.846. The third-order valence-electron chi connectivity index (χ3n) is 3.72. The van der Waals surface area contributed by atoms with E-state index in [0.29, 0.717) is 11.8 Å². The summed E-state index contributed by atoms with van der Waals surface area (Å²) in [4.78, 5) is 13.6. The molecule has 1 aromatic carbocycles. The third-order valence-corrected chi connectivity index (χ3v) is 3.72. The number of likely N-dealkylation sites (tertiary alicyclic amines) is 1. The third kappa shape index (κ3) is 3.70. The van der Waals surface area contributed by atoms with Crippen molar-refractivity contribution in [2.45, 2.75) is 38.3 Å². The molecule has 104 valence electrons. The molecular weight excluding hydrogens is 240 g/mol. The molecule has 4 heteroatoms. The van der Waals surface area contributed by atoms with Crippen LogP contribution in [0.1, 0.15) is 25.3 Å². The zero-order valence-corrected chi connectivity index (χ0v) is 11.6. The maximum Gasteiger partial charge on any atom is 0.239 e. The van der Waals surface area contributed by atoms with Crippen LogP contribution in [0.25, 0.3) is 0 Å². The SMILES string of the molecule is C[C@@H](CCc1ccc(O)cc1)N[C@H]1CCN(C)C1=O. The number of likely N-dealkylation sites (N-methyl/N-ethyl adjacent to an activating group) is 1. The van der Waals surface area contributed by atoms with Gasteiger partial charge < -0.3 is 15.3 Å². The molecule has 1 amide bonds. The van der Waals surface area contributed by atoms with Gasteiger partial charge in [0.25, 0.3) is 0 Å². The molecule has 0 aliphatic carbocycles. The van der Waals surface area contributed by atoms with Crippen molar-refractivity contribution in [3.63, 3.8) is 0 Å². The van der Waals surface area contributed by atoms with Crippen molar-refractivity contribution in [1.29, 1.82) is 0 Å². The maximum absolute atomic E-state index is 11.8. The number of rotatable bonds is 5. The van der Waals surface area contributed by atoms with Crippen LogP contribution in [0, 0.1) is 0 Å². The molecule has 2 atom stereocenters. The fourth-order valence-electron chi connectivity index (χ4n) is 2.45. The highest BCUT2D eigenvalue weighted by molar-refractivity contribution is 5.83. The highest BCUT2D eigenvalue weighted by atomic mass is 16.3. The van der Waals surface area contributed by atoms with Crippen LogP contribution in [-0.2, 0) is 11.2 Å². The standard InChI is InChI=1S/C15H22N2O2/c1-11(16-14-9-10-17(2)15(14)19)3-4-12-5-7-13(18)8-6-12/h5-8,11,14,16,18H,3-4,9-10H2,1-2H3/t11-,14-/m0/s1. The van der Waals surface area contributed by atoms with Gasteiger partial charge in [-0.15, -0.1) is 0 Å². The first kappa shape index (κ1) is 13.9. The summed E-state index contributed by atoms with van der Waals surface area (Å²) in [6.45, 7) is 2.97. The van der Waals surface area contributed by atoms with Crippen LogP contribution in [0.4, 0.5) is 0 Å². The van der Waals surface area contributed by atoms with Gasteiger partial charge in [0, 0.05) is 19.6 Å². The van der Waals surface area contributed by atoms with Crippen LogP contribution in [-0.4, -0.2) is 41.6 Å². The largest absolute Gasteiger partial charge is 0.508 e. The number of aryl methyl sites for hydroxylation is 1. The summed E-state index contributed by atoms with van der Waals surface area (Å²) in [7, 11) is 1.85. The number of carbonyl (C=O) groups is 1. The molecule has 1 aliphatic heterocycles. The van der Waals surface area contributed by atoms with E-state index in [-0.39, 0.29) is 11.9 Å². The predicted molar refractivity (Wildman–Crippen MR) is 75.1 cm³/mol. The van der Waals surface area contributed by atoms with Gasteiger partial charge >= 0.3 is 0 Å². The van der Waals surface area contributed by atoms with Gasteiger partial charge in [-0.2, -0.15) is 0 Å². The number of aromatic hydroxyl groups is 1. The number of phenols is 1. The Balaban J connectivity index is 1.77. The van der Waals surface area contributed by atoms with Crippen molar-refractivity contribution < 1.29 is 9.90 Å². The number of phenolic OH excluding ortho intramolecular Hbond substituents is 1. The van der Waals surface area contributed by atoms with Crippen molar-refractivity contribution in [1.82, 2.24) is 10.2 Å². The number of amides is 1. The van der Waals surface area contributed by atoms with E-state index >= 15 is 0 Å². The van der Waals surface area contributed by atoms with Crippen molar-refractivity contribution >= 4 is 5.91 Å². The molecule has 2 N–H and O–H groups in total. The van der Waals surface area contributed by atoms with E-state index in [4.69, 9.17) is 0 Å². The van der Waals surface area contributed by atoms with Gasteiger partial charge in [-0.05, 0) is 43.9 Å². The Morgan fingerprint density at radius 2 is 2.11 bits per heavy atom. The second-order valence-electron chi connectivity index (χ2n) is 5.37. The molecule has 4 nitrogen and oxygen atoms in total. The highest BCUT2D eigenvalue weighted by Crippen LogP contribution is 2.13. The second kappa shape index (κ2) is 6.06. The van der Waals surface area contributed by atoms with Gasteiger partial charge in [-0.25, -0.2) is 0 Å². The average molecular weight is 262 g/mol.